The van der Waals surface area contributed by atoms with Gasteiger partial charge in [0, 0.05) is 17.1 Å². The van der Waals surface area contributed by atoms with Crippen molar-refractivity contribution in [2.75, 3.05) is 0 Å². The van der Waals surface area contributed by atoms with Crippen molar-refractivity contribution in [3.63, 3.8) is 0 Å². The molecule has 1 fully saturated rings. The monoisotopic (exact) mass is 339 g/mol. The number of amides is 1. The summed E-state index contributed by atoms with van der Waals surface area (Å²) in [5.74, 6) is -1.19. The highest BCUT2D eigenvalue weighted by Crippen LogP contribution is 2.25. The molecule has 5 nitrogen and oxygen atoms in total. The minimum absolute atomic E-state index is 0.0445. The molecule has 1 aromatic rings. The van der Waals surface area contributed by atoms with E-state index < -0.39 is 12.1 Å². The average molecular weight is 340 g/mol. The lowest BCUT2D eigenvalue weighted by molar-refractivity contribution is -0.146. The Morgan fingerprint density at radius 1 is 1.30 bits per heavy atom. The van der Waals surface area contributed by atoms with Crippen molar-refractivity contribution in [2.45, 2.75) is 58.2 Å². The Morgan fingerprint density at radius 3 is 2.52 bits per heavy atom. The number of halogens is 1. The van der Waals surface area contributed by atoms with Crippen LogP contribution in [0.2, 0.25) is 5.02 Å². The van der Waals surface area contributed by atoms with Gasteiger partial charge in [-0.05, 0) is 58.2 Å². The van der Waals surface area contributed by atoms with Crippen molar-refractivity contribution in [3.05, 3.63) is 28.8 Å². The number of phenols is 1. The second-order valence-corrected chi connectivity index (χ2v) is 6.52. The molecule has 0 aromatic heterocycles. The van der Waals surface area contributed by atoms with Crippen molar-refractivity contribution in [1.29, 1.82) is 0 Å². The molecule has 0 aliphatic carbocycles. The number of rotatable bonds is 3. The number of piperidine rings is 1. The topological polar surface area (TPSA) is 66.8 Å². The SMILES string of the molecule is C[C@@H]1CCC[C@H](C)N1C(=O)[C@@H](C)OC(=O)c1cc(Cl)ccc1O. The van der Waals surface area contributed by atoms with Crippen LogP contribution < -0.4 is 0 Å². The van der Waals surface area contributed by atoms with Crippen LogP contribution in [-0.4, -0.2) is 40.1 Å². The fourth-order valence-electron chi connectivity index (χ4n) is 3.01. The molecule has 1 saturated heterocycles. The van der Waals surface area contributed by atoms with E-state index >= 15 is 0 Å². The van der Waals surface area contributed by atoms with Gasteiger partial charge in [-0.25, -0.2) is 4.79 Å². The molecule has 1 amide bonds. The van der Waals surface area contributed by atoms with Crippen molar-refractivity contribution >= 4 is 23.5 Å². The zero-order valence-electron chi connectivity index (χ0n) is 13.6. The highest BCUT2D eigenvalue weighted by atomic mass is 35.5. The molecule has 0 saturated carbocycles. The molecule has 6 heteroatoms. The molecule has 3 atom stereocenters. The summed E-state index contributed by atoms with van der Waals surface area (Å²) >= 11 is 5.83. The van der Waals surface area contributed by atoms with E-state index in [0.29, 0.717) is 5.02 Å². The largest absolute Gasteiger partial charge is 0.507 e. The van der Waals surface area contributed by atoms with Gasteiger partial charge in [0.1, 0.15) is 11.3 Å². The van der Waals surface area contributed by atoms with Crippen LogP contribution in [0.3, 0.4) is 0 Å². The predicted molar refractivity (Wildman–Crippen MR) is 87.6 cm³/mol. The molecule has 1 N–H and O–H groups in total. The van der Waals surface area contributed by atoms with Crippen molar-refractivity contribution in [3.8, 4) is 5.75 Å². The number of benzene rings is 1. The number of carbonyl (C=O) groups excluding carboxylic acids is 2. The fraction of sp³-hybridized carbons (Fsp3) is 0.529. The number of aromatic hydroxyl groups is 1. The van der Waals surface area contributed by atoms with Gasteiger partial charge in [-0.15, -0.1) is 0 Å². The number of likely N-dealkylation sites (tertiary alicyclic amines) is 1. The zero-order chi connectivity index (χ0) is 17.1. The van der Waals surface area contributed by atoms with Gasteiger partial charge in [-0.1, -0.05) is 11.6 Å². The molecule has 1 heterocycles. The summed E-state index contributed by atoms with van der Waals surface area (Å²) in [5.41, 5.74) is -0.0445. The maximum absolute atomic E-state index is 12.6. The number of esters is 1. The van der Waals surface area contributed by atoms with Crippen molar-refractivity contribution in [2.24, 2.45) is 0 Å². The number of ether oxygens (including phenoxy) is 1. The number of hydrogen-bond donors (Lipinski definition) is 1. The summed E-state index contributed by atoms with van der Waals surface area (Å²) in [5, 5.41) is 10.0. The third kappa shape index (κ3) is 3.96. The molecule has 0 unspecified atom stereocenters. The maximum atomic E-state index is 12.6. The minimum atomic E-state index is -0.913. The second-order valence-electron chi connectivity index (χ2n) is 6.08. The average Bonchev–Trinajstić information content (AvgIpc) is 2.49. The Balaban J connectivity index is 2.08. The van der Waals surface area contributed by atoms with Gasteiger partial charge < -0.3 is 14.7 Å². The lowest BCUT2D eigenvalue weighted by atomic mass is 9.97. The molecule has 1 aliphatic rings. The molecular formula is C17H22ClNO4. The van der Waals surface area contributed by atoms with Crippen LogP contribution in [0.1, 0.15) is 50.4 Å². The Morgan fingerprint density at radius 2 is 1.91 bits per heavy atom. The molecule has 1 aliphatic heterocycles. The van der Waals surface area contributed by atoms with Gasteiger partial charge >= 0.3 is 5.97 Å². The standard InChI is InChI=1S/C17H22ClNO4/c1-10-5-4-6-11(2)19(10)16(21)12(3)23-17(22)14-9-13(18)7-8-15(14)20/h7-12,20H,4-6H2,1-3H3/t10-,11+,12-/m1/s1. The normalized spacial score (nSPS) is 22.5. The van der Waals surface area contributed by atoms with Crippen LogP contribution in [0.15, 0.2) is 18.2 Å². The van der Waals surface area contributed by atoms with Crippen LogP contribution in [0.25, 0.3) is 0 Å². The third-order valence-electron chi connectivity index (χ3n) is 4.26. The Labute approximate surface area is 141 Å². The van der Waals surface area contributed by atoms with Crippen LogP contribution in [-0.2, 0) is 9.53 Å². The van der Waals surface area contributed by atoms with Gasteiger partial charge in [-0.2, -0.15) is 0 Å². The summed E-state index contributed by atoms with van der Waals surface area (Å²) < 4.78 is 5.24. The zero-order valence-corrected chi connectivity index (χ0v) is 14.3. The number of hydrogen-bond acceptors (Lipinski definition) is 4. The van der Waals surface area contributed by atoms with E-state index in [2.05, 4.69) is 0 Å². The van der Waals surface area contributed by atoms with E-state index in [9.17, 15) is 14.7 Å². The summed E-state index contributed by atoms with van der Waals surface area (Å²) in [7, 11) is 0. The van der Waals surface area contributed by atoms with Crippen molar-refractivity contribution < 1.29 is 19.4 Å². The minimum Gasteiger partial charge on any atom is -0.507 e. The quantitative estimate of drug-likeness (QED) is 0.857. The van der Waals surface area contributed by atoms with Gasteiger partial charge in [0.05, 0.1) is 0 Å². The summed E-state index contributed by atoms with van der Waals surface area (Å²) in [6.45, 7) is 5.56. The lowest BCUT2D eigenvalue weighted by Crippen LogP contribution is -2.51. The summed E-state index contributed by atoms with van der Waals surface area (Å²) in [4.78, 5) is 26.6. The highest BCUT2D eigenvalue weighted by Gasteiger charge is 2.33. The van der Waals surface area contributed by atoms with E-state index in [1.807, 2.05) is 13.8 Å². The molecule has 0 radical (unpaired) electrons. The van der Waals surface area contributed by atoms with Crippen molar-refractivity contribution in [1.82, 2.24) is 4.90 Å². The predicted octanol–water partition coefficient (Wildman–Crippen LogP) is 3.38. The van der Waals surface area contributed by atoms with Gasteiger partial charge in [0.2, 0.25) is 0 Å². The molecule has 0 spiro atoms. The first-order chi connectivity index (χ1) is 10.8. The van der Waals surface area contributed by atoms with E-state index in [-0.39, 0.29) is 29.3 Å². The van der Waals surface area contributed by atoms with Crippen LogP contribution >= 0.6 is 11.6 Å². The van der Waals surface area contributed by atoms with E-state index in [4.69, 9.17) is 16.3 Å². The van der Waals surface area contributed by atoms with Gasteiger partial charge in [-0.3, -0.25) is 4.79 Å². The molecular weight excluding hydrogens is 318 g/mol. The number of carbonyl (C=O) groups is 2. The molecule has 23 heavy (non-hydrogen) atoms. The van der Waals surface area contributed by atoms with Crippen LogP contribution in [0.5, 0.6) is 5.75 Å². The molecule has 1 aromatic carbocycles. The fourth-order valence-corrected chi connectivity index (χ4v) is 3.18. The van der Waals surface area contributed by atoms with Crippen LogP contribution in [0, 0.1) is 0 Å². The highest BCUT2D eigenvalue weighted by molar-refractivity contribution is 6.31. The molecule has 126 valence electrons. The van der Waals surface area contributed by atoms with E-state index in [0.717, 1.165) is 19.3 Å². The Bertz CT molecular complexity index is 594. The first-order valence-electron chi connectivity index (χ1n) is 7.83. The maximum Gasteiger partial charge on any atom is 0.342 e. The first-order valence-corrected chi connectivity index (χ1v) is 8.20. The smallest absolute Gasteiger partial charge is 0.342 e. The molecule has 0 bridgehead atoms. The Hall–Kier alpha value is -1.75. The molecule has 2 rings (SSSR count). The van der Waals surface area contributed by atoms with E-state index in [1.54, 1.807) is 11.8 Å². The number of nitrogens with zero attached hydrogens (tertiary/aromatic N) is 1. The lowest BCUT2D eigenvalue weighted by Gasteiger charge is -2.40. The van der Waals surface area contributed by atoms with Gasteiger partial charge in [0.15, 0.2) is 6.10 Å². The summed E-state index contributed by atoms with van der Waals surface area (Å²) in [6.07, 6.45) is 2.08. The number of phenolic OH excluding ortho intramolecular Hbond substituents is 1. The Kier molecular flexibility index (Phi) is 5.52. The summed E-state index contributed by atoms with van der Waals surface area (Å²) in [6, 6.07) is 4.38. The first kappa shape index (κ1) is 17.6. The third-order valence-corrected chi connectivity index (χ3v) is 4.49. The second kappa shape index (κ2) is 7.21. The van der Waals surface area contributed by atoms with Crippen LogP contribution in [0.4, 0.5) is 0 Å². The van der Waals surface area contributed by atoms with Gasteiger partial charge in [0.25, 0.3) is 5.91 Å². The van der Waals surface area contributed by atoms with E-state index in [1.165, 1.54) is 18.2 Å².